The second kappa shape index (κ2) is 6.77. The van der Waals surface area contributed by atoms with Gasteiger partial charge < -0.3 is 5.32 Å². The maximum Gasteiger partial charge on any atom is 0.272 e. The number of nitrogens with zero attached hydrogens (tertiary/aromatic N) is 1. The van der Waals surface area contributed by atoms with Crippen LogP contribution in [0.15, 0.2) is 36.4 Å². The Labute approximate surface area is 137 Å². The Kier molecular flexibility index (Phi) is 5.00. The zero-order chi connectivity index (χ0) is 16.3. The van der Waals surface area contributed by atoms with Crippen LogP contribution in [-0.2, 0) is 6.54 Å². The highest BCUT2D eigenvalue weighted by atomic mass is 35.5. The second-order valence-corrected chi connectivity index (χ2v) is 5.52. The Morgan fingerprint density at radius 3 is 2.55 bits per heavy atom. The lowest BCUT2D eigenvalue weighted by atomic mass is 10.1. The minimum absolute atomic E-state index is 0.0164. The summed E-state index contributed by atoms with van der Waals surface area (Å²) in [7, 11) is 0. The Hall–Kier alpha value is -2.11. The van der Waals surface area contributed by atoms with E-state index in [-0.39, 0.29) is 18.1 Å². The van der Waals surface area contributed by atoms with Gasteiger partial charge in [0.25, 0.3) is 11.6 Å². The summed E-state index contributed by atoms with van der Waals surface area (Å²) in [6.45, 7) is 1.83. The molecule has 2 aromatic carbocycles. The smallest absolute Gasteiger partial charge is 0.272 e. The lowest BCUT2D eigenvalue weighted by Crippen LogP contribution is -2.23. The van der Waals surface area contributed by atoms with Crippen LogP contribution in [0.3, 0.4) is 0 Å². The molecule has 114 valence electrons. The third-order valence-electron chi connectivity index (χ3n) is 3.11. The average Bonchev–Trinajstić information content (AvgIpc) is 2.45. The first kappa shape index (κ1) is 16.3. The SMILES string of the molecule is Cc1cc(C(=O)NCc2ccc(Cl)cc2Cl)ccc1[N+](=O)[O-]. The summed E-state index contributed by atoms with van der Waals surface area (Å²) < 4.78 is 0. The van der Waals surface area contributed by atoms with Crippen molar-refractivity contribution in [2.45, 2.75) is 13.5 Å². The largest absolute Gasteiger partial charge is 0.348 e. The molecule has 0 atom stereocenters. The summed E-state index contributed by atoms with van der Waals surface area (Å²) in [5.41, 5.74) is 1.51. The molecule has 5 nitrogen and oxygen atoms in total. The van der Waals surface area contributed by atoms with Gasteiger partial charge in [-0.25, -0.2) is 0 Å². The van der Waals surface area contributed by atoms with Crippen molar-refractivity contribution in [1.82, 2.24) is 5.32 Å². The molecular formula is C15H12Cl2N2O3. The van der Waals surface area contributed by atoms with Gasteiger partial charge in [-0.3, -0.25) is 14.9 Å². The van der Waals surface area contributed by atoms with Crippen LogP contribution in [0.4, 0.5) is 5.69 Å². The number of aryl methyl sites for hydroxylation is 1. The first-order valence-corrected chi connectivity index (χ1v) is 7.11. The number of hydrogen-bond donors (Lipinski definition) is 1. The second-order valence-electron chi connectivity index (χ2n) is 4.68. The highest BCUT2D eigenvalue weighted by Crippen LogP contribution is 2.21. The molecular weight excluding hydrogens is 327 g/mol. The Bertz CT molecular complexity index is 748. The molecule has 22 heavy (non-hydrogen) atoms. The van der Waals surface area contributed by atoms with Gasteiger partial charge >= 0.3 is 0 Å². The minimum Gasteiger partial charge on any atom is -0.348 e. The molecule has 0 aliphatic heterocycles. The third-order valence-corrected chi connectivity index (χ3v) is 3.70. The van der Waals surface area contributed by atoms with Gasteiger partial charge in [0.05, 0.1) is 4.92 Å². The van der Waals surface area contributed by atoms with Crippen LogP contribution in [0.1, 0.15) is 21.5 Å². The Morgan fingerprint density at radius 1 is 1.23 bits per heavy atom. The molecule has 1 amide bonds. The topological polar surface area (TPSA) is 72.2 Å². The molecule has 0 aliphatic rings. The van der Waals surface area contributed by atoms with Crippen molar-refractivity contribution in [2.24, 2.45) is 0 Å². The number of amides is 1. The molecule has 2 rings (SSSR count). The molecule has 1 N–H and O–H groups in total. The van der Waals surface area contributed by atoms with Crippen molar-refractivity contribution < 1.29 is 9.72 Å². The summed E-state index contributed by atoms with van der Waals surface area (Å²) in [5, 5.41) is 14.5. The van der Waals surface area contributed by atoms with Crippen LogP contribution >= 0.6 is 23.2 Å². The van der Waals surface area contributed by atoms with Gasteiger partial charge in [0.15, 0.2) is 0 Å². The van der Waals surface area contributed by atoms with Gasteiger partial charge in [-0.1, -0.05) is 29.3 Å². The molecule has 0 heterocycles. The highest BCUT2D eigenvalue weighted by Gasteiger charge is 2.14. The number of benzene rings is 2. The zero-order valence-electron chi connectivity index (χ0n) is 11.6. The quantitative estimate of drug-likeness (QED) is 0.672. The molecule has 0 spiro atoms. The maximum atomic E-state index is 12.1. The van der Waals surface area contributed by atoms with Crippen LogP contribution in [0.2, 0.25) is 10.0 Å². The lowest BCUT2D eigenvalue weighted by molar-refractivity contribution is -0.385. The van der Waals surface area contributed by atoms with Crippen LogP contribution in [0, 0.1) is 17.0 Å². The van der Waals surface area contributed by atoms with Crippen LogP contribution in [0.5, 0.6) is 0 Å². The Balaban J connectivity index is 2.09. The number of rotatable bonds is 4. The van der Waals surface area contributed by atoms with Crippen molar-refractivity contribution in [2.75, 3.05) is 0 Å². The van der Waals surface area contributed by atoms with Crippen LogP contribution < -0.4 is 5.32 Å². The summed E-state index contributed by atoms with van der Waals surface area (Å²) in [5.74, 6) is -0.330. The summed E-state index contributed by atoms with van der Waals surface area (Å²) in [6, 6.07) is 9.23. The Morgan fingerprint density at radius 2 is 1.95 bits per heavy atom. The molecule has 0 saturated heterocycles. The average molecular weight is 339 g/mol. The predicted octanol–water partition coefficient (Wildman–Crippen LogP) is 4.14. The van der Waals surface area contributed by atoms with Gasteiger partial charge in [0.2, 0.25) is 0 Å². The first-order valence-electron chi connectivity index (χ1n) is 6.35. The normalized spacial score (nSPS) is 10.3. The number of carbonyl (C=O) groups is 1. The van der Waals surface area contributed by atoms with E-state index in [0.717, 1.165) is 5.56 Å². The monoisotopic (exact) mass is 338 g/mol. The maximum absolute atomic E-state index is 12.1. The fourth-order valence-corrected chi connectivity index (χ4v) is 2.42. The van der Waals surface area contributed by atoms with E-state index in [1.165, 1.54) is 18.2 Å². The van der Waals surface area contributed by atoms with E-state index in [2.05, 4.69) is 5.32 Å². The number of carbonyl (C=O) groups excluding carboxylic acids is 1. The zero-order valence-corrected chi connectivity index (χ0v) is 13.1. The summed E-state index contributed by atoms with van der Waals surface area (Å²) in [4.78, 5) is 22.4. The molecule has 2 aromatic rings. The predicted molar refractivity (Wildman–Crippen MR) is 85.5 cm³/mol. The summed E-state index contributed by atoms with van der Waals surface area (Å²) in [6.07, 6.45) is 0. The fraction of sp³-hybridized carbons (Fsp3) is 0.133. The van der Waals surface area contributed by atoms with Gasteiger partial charge in [0.1, 0.15) is 0 Å². The van der Waals surface area contributed by atoms with Crippen molar-refractivity contribution >= 4 is 34.8 Å². The van der Waals surface area contributed by atoms with E-state index in [4.69, 9.17) is 23.2 Å². The van der Waals surface area contributed by atoms with E-state index >= 15 is 0 Å². The van der Waals surface area contributed by atoms with Gasteiger partial charge in [0, 0.05) is 33.8 Å². The van der Waals surface area contributed by atoms with Crippen molar-refractivity contribution in [3.05, 3.63) is 73.2 Å². The van der Waals surface area contributed by atoms with Crippen molar-refractivity contribution in [1.29, 1.82) is 0 Å². The van der Waals surface area contributed by atoms with Crippen molar-refractivity contribution in [3.63, 3.8) is 0 Å². The number of nitro groups is 1. The fourth-order valence-electron chi connectivity index (χ4n) is 1.94. The van der Waals surface area contributed by atoms with Crippen LogP contribution in [-0.4, -0.2) is 10.8 Å². The third kappa shape index (κ3) is 3.75. The van der Waals surface area contributed by atoms with E-state index in [1.54, 1.807) is 25.1 Å². The molecule has 0 bridgehead atoms. The first-order chi connectivity index (χ1) is 10.4. The highest BCUT2D eigenvalue weighted by molar-refractivity contribution is 6.35. The molecule has 0 aliphatic carbocycles. The van der Waals surface area contributed by atoms with Crippen molar-refractivity contribution in [3.8, 4) is 0 Å². The van der Waals surface area contributed by atoms with E-state index in [1.807, 2.05) is 0 Å². The van der Waals surface area contributed by atoms with E-state index in [9.17, 15) is 14.9 Å². The number of nitro benzene ring substituents is 1. The minimum atomic E-state index is -0.482. The van der Waals surface area contributed by atoms with Gasteiger partial charge in [-0.2, -0.15) is 0 Å². The van der Waals surface area contributed by atoms with Crippen LogP contribution in [0.25, 0.3) is 0 Å². The van der Waals surface area contributed by atoms with E-state index < -0.39 is 4.92 Å². The molecule has 0 radical (unpaired) electrons. The van der Waals surface area contributed by atoms with E-state index in [0.29, 0.717) is 21.2 Å². The summed E-state index contributed by atoms with van der Waals surface area (Å²) >= 11 is 11.8. The number of hydrogen-bond acceptors (Lipinski definition) is 3. The number of nitrogens with one attached hydrogen (secondary N) is 1. The number of halogens is 2. The molecule has 0 aromatic heterocycles. The molecule has 0 fully saturated rings. The van der Waals surface area contributed by atoms with Gasteiger partial charge in [-0.05, 0) is 36.8 Å². The lowest BCUT2D eigenvalue weighted by Gasteiger charge is -2.08. The molecule has 0 saturated carbocycles. The molecule has 7 heteroatoms. The standard InChI is InChI=1S/C15H12Cl2N2O3/c1-9-6-10(3-5-14(9)19(21)22)15(20)18-8-11-2-4-12(16)7-13(11)17/h2-7H,8H2,1H3,(H,18,20). The van der Waals surface area contributed by atoms with Gasteiger partial charge in [-0.15, -0.1) is 0 Å². The molecule has 0 unspecified atom stereocenters.